The number of rotatable bonds is 10. The predicted octanol–water partition coefficient (Wildman–Crippen LogP) is 5.38. The molecule has 0 saturated carbocycles. The number of allylic oxidation sites excluding steroid dienone is 1. The molecule has 7 heteroatoms. The number of fused-ring (bicyclic) bond motifs is 3. The quantitative estimate of drug-likeness (QED) is 0.127. The lowest BCUT2D eigenvalue weighted by Gasteiger charge is -2.29. The van der Waals surface area contributed by atoms with E-state index in [9.17, 15) is 14.4 Å². The molecule has 0 unspecified atom stereocenters. The van der Waals surface area contributed by atoms with Crippen LogP contribution in [-0.4, -0.2) is 45.0 Å². The Kier molecular flexibility index (Phi) is 8.84. The molecule has 3 aromatic rings. The highest BCUT2D eigenvalue weighted by atomic mass is 16.7. The van der Waals surface area contributed by atoms with Gasteiger partial charge in [0.15, 0.2) is 5.41 Å². The van der Waals surface area contributed by atoms with E-state index in [1.165, 1.54) is 7.11 Å². The molecule has 35 heavy (non-hydrogen) atoms. The molecule has 0 aliphatic rings. The highest BCUT2D eigenvalue weighted by molar-refractivity contribution is 6.09. The van der Waals surface area contributed by atoms with Gasteiger partial charge in [0.25, 0.3) is 0 Å². The van der Waals surface area contributed by atoms with E-state index >= 15 is 0 Å². The van der Waals surface area contributed by atoms with Gasteiger partial charge >= 0.3 is 18.1 Å². The Labute approximate surface area is 204 Å². The Balaban J connectivity index is 2.09. The lowest BCUT2D eigenvalue weighted by Crippen LogP contribution is -2.43. The molecule has 3 rings (SSSR count). The van der Waals surface area contributed by atoms with E-state index in [1.807, 2.05) is 48.5 Å². The van der Waals surface area contributed by atoms with Gasteiger partial charge in [-0.05, 0) is 47.4 Å². The van der Waals surface area contributed by atoms with E-state index in [4.69, 9.17) is 14.2 Å². The summed E-state index contributed by atoms with van der Waals surface area (Å²) in [4.78, 5) is 37.9. The number of carbonyl (C=O) groups is 3. The van der Waals surface area contributed by atoms with Crippen LogP contribution in [-0.2, 0) is 35.0 Å². The van der Waals surface area contributed by atoms with Crippen LogP contribution in [0.2, 0.25) is 0 Å². The summed E-state index contributed by atoms with van der Waals surface area (Å²) in [6.45, 7) is 3.56. The first kappa shape index (κ1) is 25.7. The zero-order chi connectivity index (χ0) is 25.3. The highest BCUT2D eigenvalue weighted by Gasteiger charge is 2.48. The van der Waals surface area contributed by atoms with Gasteiger partial charge in [-0.1, -0.05) is 66.7 Å². The molecule has 0 fully saturated rings. The Morgan fingerprint density at radius 2 is 1.40 bits per heavy atom. The van der Waals surface area contributed by atoms with Crippen LogP contribution in [0.1, 0.15) is 25.8 Å². The average molecular weight is 479 g/mol. The summed E-state index contributed by atoms with van der Waals surface area (Å²) in [5, 5.41) is 4.07. The van der Waals surface area contributed by atoms with Gasteiger partial charge in [0.2, 0.25) is 0 Å². The largest absolute Gasteiger partial charge is 0.508 e. The number of ether oxygens (including phenoxy) is 4. The minimum Gasteiger partial charge on any atom is -0.465 e. The summed E-state index contributed by atoms with van der Waals surface area (Å²) in [7, 11) is 1.21. The van der Waals surface area contributed by atoms with Gasteiger partial charge in [-0.3, -0.25) is 9.59 Å². The normalized spacial score (nSPS) is 11.5. The van der Waals surface area contributed by atoms with Gasteiger partial charge in [0.1, 0.15) is 6.61 Å². The molecule has 0 spiro atoms. The fourth-order valence-corrected chi connectivity index (χ4v) is 4.14. The molecule has 0 N–H and O–H groups in total. The van der Waals surface area contributed by atoms with Crippen LogP contribution in [0.4, 0.5) is 4.79 Å². The van der Waals surface area contributed by atoms with Gasteiger partial charge < -0.3 is 18.9 Å². The first-order valence-electron chi connectivity index (χ1n) is 11.6. The first-order valence-corrected chi connectivity index (χ1v) is 11.6. The van der Waals surface area contributed by atoms with Crippen LogP contribution in [0.5, 0.6) is 0 Å². The molecule has 0 bridgehead atoms. The Morgan fingerprint density at radius 1 is 0.800 bits per heavy atom. The fraction of sp³-hybridized carbons (Fsp3) is 0.321. The molecule has 3 aromatic carbocycles. The van der Waals surface area contributed by atoms with Crippen molar-refractivity contribution in [2.24, 2.45) is 5.41 Å². The van der Waals surface area contributed by atoms with Crippen molar-refractivity contribution < 1.29 is 33.3 Å². The van der Waals surface area contributed by atoms with Crippen molar-refractivity contribution in [3.63, 3.8) is 0 Å². The zero-order valence-corrected chi connectivity index (χ0v) is 20.2. The summed E-state index contributed by atoms with van der Waals surface area (Å²) in [5.74, 6) is -1.32. The van der Waals surface area contributed by atoms with Crippen molar-refractivity contribution in [1.29, 1.82) is 0 Å². The van der Waals surface area contributed by atoms with Gasteiger partial charge in [0, 0.05) is 6.42 Å². The molecule has 0 aliphatic heterocycles. The Hall–Kier alpha value is -3.87. The molecule has 7 nitrogen and oxygen atoms in total. The van der Waals surface area contributed by atoms with Gasteiger partial charge in [0.05, 0.1) is 20.3 Å². The van der Waals surface area contributed by atoms with E-state index in [1.54, 1.807) is 26.0 Å². The van der Waals surface area contributed by atoms with Crippen molar-refractivity contribution in [1.82, 2.24) is 0 Å². The zero-order valence-electron chi connectivity index (χ0n) is 20.2. The van der Waals surface area contributed by atoms with Crippen LogP contribution in [0, 0.1) is 5.41 Å². The third-order valence-corrected chi connectivity index (χ3v) is 5.78. The molecular weight excluding hydrogens is 448 g/mol. The number of methoxy groups -OCH3 is 1. The van der Waals surface area contributed by atoms with E-state index in [-0.39, 0.29) is 32.7 Å². The molecule has 0 heterocycles. The predicted molar refractivity (Wildman–Crippen MR) is 133 cm³/mol. The maximum Gasteiger partial charge on any atom is 0.508 e. The minimum atomic E-state index is -1.61. The number of esters is 2. The van der Waals surface area contributed by atoms with Crippen molar-refractivity contribution in [2.75, 3.05) is 26.9 Å². The standard InChI is InChI=1S/C28H30O7/c1-4-33-25(29)28(26(30)34-5-2,16-10-11-17-35-27(31)32-3)19-21-18-20-12-6-7-13-22(20)24-15-9-8-14-23(21)24/h6-15,18H,4-5,16-17,19H2,1-3H3/b11-10-. The summed E-state index contributed by atoms with van der Waals surface area (Å²) in [6, 6.07) is 17.9. The van der Waals surface area contributed by atoms with Crippen LogP contribution < -0.4 is 0 Å². The highest BCUT2D eigenvalue weighted by Crippen LogP contribution is 2.37. The van der Waals surface area contributed by atoms with Crippen LogP contribution >= 0.6 is 0 Å². The maximum atomic E-state index is 13.3. The molecule has 0 aliphatic carbocycles. The summed E-state index contributed by atoms with van der Waals surface area (Å²) in [5.41, 5.74) is -0.779. The molecular formula is C28H30O7. The molecule has 184 valence electrons. The van der Waals surface area contributed by atoms with E-state index in [2.05, 4.69) is 10.8 Å². The molecule has 0 radical (unpaired) electrons. The molecule has 0 saturated heterocycles. The number of benzene rings is 3. The maximum absolute atomic E-state index is 13.3. The lowest BCUT2D eigenvalue weighted by atomic mass is 9.77. The van der Waals surface area contributed by atoms with Crippen LogP contribution in [0.3, 0.4) is 0 Å². The monoisotopic (exact) mass is 478 g/mol. The fourth-order valence-electron chi connectivity index (χ4n) is 4.14. The minimum absolute atomic E-state index is 0.0103. The lowest BCUT2D eigenvalue weighted by molar-refractivity contribution is -0.171. The van der Waals surface area contributed by atoms with Crippen molar-refractivity contribution in [3.05, 3.63) is 72.3 Å². The number of hydrogen-bond donors (Lipinski definition) is 0. The van der Waals surface area contributed by atoms with E-state index in [0.29, 0.717) is 0 Å². The van der Waals surface area contributed by atoms with Crippen molar-refractivity contribution in [3.8, 4) is 0 Å². The van der Waals surface area contributed by atoms with E-state index in [0.717, 1.165) is 27.1 Å². The Bertz CT molecular complexity index is 1210. The second kappa shape index (κ2) is 12.0. The van der Waals surface area contributed by atoms with E-state index < -0.39 is 23.5 Å². The Morgan fingerprint density at radius 3 is 2.03 bits per heavy atom. The third-order valence-electron chi connectivity index (χ3n) is 5.78. The van der Waals surface area contributed by atoms with Gasteiger partial charge in [-0.15, -0.1) is 0 Å². The van der Waals surface area contributed by atoms with Crippen LogP contribution in [0.25, 0.3) is 21.5 Å². The summed E-state index contributed by atoms with van der Waals surface area (Å²) < 4.78 is 20.1. The van der Waals surface area contributed by atoms with Gasteiger partial charge in [-0.25, -0.2) is 4.79 Å². The van der Waals surface area contributed by atoms with Crippen LogP contribution in [0.15, 0.2) is 66.7 Å². The molecule has 0 amide bonds. The molecule has 0 atom stereocenters. The topological polar surface area (TPSA) is 88.1 Å². The summed E-state index contributed by atoms with van der Waals surface area (Å²) in [6.07, 6.45) is 2.45. The van der Waals surface area contributed by atoms with Crippen molar-refractivity contribution in [2.45, 2.75) is 26.7 Å². The molecule has 0 aromatic heterocycles. The number of hydrogen-bond acceptors (Lipinski definition) is 7. The first-order chi connectivity index (χ1) is 17.0. The SMILES string of the molecule is CCOC(=O)C(C/C=C\COC(=O)OC)(Cc1cc2ccccc2c2ccccc12)C(=O)OCC. The van der Waals surface area contributed by atoms with Gasteiger partial charge in [-0.2, -0.15) is 0 Å². The smallest absolute Gasteiger partial charge is 0.465 e. The summed E-state index contributed by atoms with van der Waals surface area (Å²) >= 11 is 0. The average Bonchev–Trinajstić information content (AvgIpc) is 2.87. The second-order valence-electron chi connectivity index (χ2n) is 7.94. The second-order valence-corrected chi connectivity index (χ2v) is 7.94. The third kappa shape index (κ3) is 5.80. The number of carbonyl (C=O) groups excluding carboxylic acids is 3. The van der Waals surface area contributed by atoms with Crippen molar-refractivity contribution >= 4 is 39.6 Å².